The second-order valence-corrected chi connectivity index (χ2v) is 10.6. The molecule has 12 heteroatoms. The van der Waals surface area contributed by atoms with Crippen LogP contribution in [0.4, 0.5) is 0 Å². The number of amides is 8. The highest BCUT2D eigenvalue weighted by atomic mass is 16.2. The van der Waals surface area contributed by atoms with Crippen LogP contribution in [0.15, 0.2) is 48.6 Å². The highest BCUT2D eigenvalue weighted by Gasteiger charge is 2.34. The first-order chi connectivity index (χ1) is 19.6. The number of nitrogens with zero attached hydrogens (tertiary/aromatic N) is 4. The van der Waals surface area contributed by atoms with Gasteiger partial charge >= 0.3 is 0 Å². The molecule has 4 rings (SSSR count). The molecule has 0 fully saturated rings. The summed E-state index contributed by atoms with van der Waals surface area (Å²) in [6.07, 6.45) is 14.0. The zero-order valence-corrected chi connectivity index (χ0v) is 22.7. The van der Waals surface area contributed by atoms with Crippen molar-refractivity contribution >= 4 is 47.3 Å². The smallest absolute Gasteiger partial charge is 0.253 e. The van der Waals surface area contributed by atoms with Crippen LogP contribution in [-0.4, -0.2) is 93.0 Å². The van der Waals surface area contributed by atoms with Gasteiger partial charge in [0.25, 0.3) is 47.3 Å². The lowest BCUT2D eigenvalue weighted by molar-refractivity contribution is -0.138. The van der Waals surface area contributed by atoms with Gasteiger partial charge in [0.2, 0.25) is 0 Å². The molecule has 0 spiro atoms. The van der Waals surface area contributed by atoms with Crippen LogP contribution in [0, 0.1) is 5.41 Å². The Morgan fingerprint density at radius 1 is 0.341 bits per heavy atom. The normalized spacial score (nSPS) is 18.7. The molecule has 0 aromatic carbocycles. The number of carbonyl (C=O) groups excluding carboxylic acids is 8. The zero-order valence-electron chi connectivity index (χ0n) is 22.7. The molecule has 4 heterocycles. The molecule has 0 aromatic heterocycles. The lowest BCUT2D eigenvalue weighted by atomic mass is 9.71. The molecule has 4 aliphatic rings. The predicted octanol–water partition coefficient (Wildman–Crippen LogP) is 0.794. The van der Waals surface area contributed by atoms with Crippen LogP contribution >= 0.6 is 0 Å². The molecule has 12 nitrogen and oxygen atoms in total. The molecule has 0 aliphatic carbocycles. The van der Waals surface area contributed by atoms with Crippen molar-refractivity contribution in [2.45, 2.75) is 51.4 Å². The molecule has 0 radical (unpaired) electrons. The fraction of sp³-hybridized carbons (Fsp3) is 0.448. The Balaban J connectivity index is 1.46. The van der Waals surface area contributed by atoms with E-state index in [0.717, 1.165) is 0 Å². The van der Waals surface area contributed by atoms with Gasteiger partial charge in [-0.1, -0.05) is 0 Å². The van der Waals surface area contributed by atoms with E-state index in [1.54, 1.807) is 0 Å². The van der Waals surface area contributed by atoms with Crippen LogP contribution in [-0.2, 0) is 38.4 Å². The van der Waals surface area contributed by atoms with Gasteiger partial charge in [-0.2, -0.15) is 0 Å². The standard InChI is InChI=1S/C29H32N4O8/c34-21-5-6-22(35)30(21)17-1-13-29(14-2-18-31-23(36)7-8-24(31)37,15-3-19-32-25(38)9-10-26(32)39)16-4-20-33-27(40)11-12-28(33)41/h5-12H,1-4,13-20H2. The topological polar surface area (TPSA) is 150 Å². The maximum Gasteiger partial charge on any atom is 0.253 e. The molecule has 0 atom stereocenters. The molecule has 4 aliphatic heterocycles. The molecular weight excluding hydrogens is 532 g/mol. The van der Waals surface area contributed by atoms with Crippen molar-refractivity contribution in [1.29, 1.82) is 0 Å². The summed E-state index contributed by atoms with van der Waals surface area (Å²) in [6.45, 7) is 0.831. The maximum absolute atomic E-state index is 12.1. The lowest BCUT2D eigenvalue weighted by Gasteiger charge is -2.36. The van der Waals surface area contributed by atoms with E-state index in [1.807, 2.05) is 0 Å². The minimum Gasteiger partial charge on any atom is -0.275 e. The fourth-order valence-corrected chi connectivity index (χ4v) is 5.80. The first-order valence-electron chi connectivity index (χ1n) is 13.7. The molecule has 0 N–H and O–H groups in total. The van der Waals surface area contributed by atoms with Crippen LogP contribution in [0.2, 0.25) is 0 Å². The minimum absolute atomic E-state index is 0.208. The van der Waals surface area contributed by atoms with Crippen LogP contribution in [0.3, 0.4) is 0 Å². The average Bonchev–Trinajstić information content (AvgIpc) is 3.65. The molecule has 0 unspecified atom stereocenters. The summed E-state index contributed by atoms with van der Waals surface area (Å²) in [7, 11) is 0. The lowest BCUT2D eigenvalue weighted by Crippen LogP contribution is -2.35. The first-order valence-corrected chi connectivity index (χ1v) is 13.7. The third-order valence-corrected chi connectivity index (χ3v) is 7.96. The summed E-state index contributed by atoms with van der Waals surface area (Å²) in [5, 5.41) is 0. The van der Waals surface area contributed by atoms with Crippen molar-refractivity contribution in [3.63, 3.8) is 0 Å². The minimum atomic E-state index is -0.447. The predicted molar refractivity (Wildman–Crippen MR) is 143 cm³/mol. The van der Waals surface area contributed by atoms with Gasteiger partial charge in [0.05, 0.1) is 0 Å². The second-order valence-electron chi connectivity index (χ2n) is 10.6. The Morgan fingerprint density at radius 2 is 0.512 bits per heavy atom. The zero-order chi connectivity index (χ0) is 29.6. The van der Waals surface area contributed by atoms with Crippen molar-refractivity contribution in [3.8, 4) is 0 Å². The molecule has 8 amide bonds. The molecule has 0 aromatic rings. The van der Waals surface area contributed by atoms with E-state index in [2.05, 4.69) is 0 Å². The highest BCUT2D eigenvalue weighted by molar-refractivity contribution is 6.14. The first kappa shape index (κ1) is 29.5. The molecule has 0 saturated carbocycles. The van der Waals surface area contributed by atoms with E-state index in [0.29, 0.717) is 51.4 Å². The third-order valence-electron chi connectivity index (χ3n) is 7.96. The van der Waals surface area contributed by atoms with Gasteiger partial charge < -0.3 is 0 Å². The summed E-state index contributed by atoms with van der Waals surface area (Å²) < 4.78 is 0. The van der Waals surface area contributed by atoms with Crippen molar-refractivity contribution in [2.75, 3.05) is 26.2 Å². The summed E-state index contributed by atoms with van der Waals surface area (Å²) in [4.78, 5) is 101. The van der Waals surface area contributed by atoms with E-state index in [4.69, 9.17) is 0 Å². The molecule has 216 valence electrons. The maximum atomic E-state index is 12.1. The van der Waals surface area contributed by atoms with Gasteiger partial charge in [-0.25, -0.2) is 0 Å². The van der Waals surface area contributed by atoms with Crippen molar-refractivity contribution in [3.05, 3.63) is 48.6 Å². The van der Waals surface area contributed by atoms with Crippen molar-refractivity contribution in [1.82, 2.24) is 19.6 Å². The Hall–Kier alpha value is -4.48. The number of hydrogen-bond donors (Lipinski definition) is 0. The summed E-state index contributed by atoms with van der Waals surface area (Å²) >= 11 is 0. The van der Waals surface area contributed by atoms with Gasteiger partial charge in [0.15, 0.2) is 0 Å². The van der Waals surface area contributed by atoms with E-state index < -0.39 is 5.41 Å². The average molecular weight is 565 g/mol. The van der Waals surface area contributed by atoms with E-state index in [9.17, 15) is 38.4 Å². The second kappa shape index (κ2) is 12.8. The van der Waals surface area contributed by atoms with Gasteiger partial charge in [-0.15, -0.1) is 0 Å². The summed E-state index contributed by atoms with van der Waals surface area (Å²) in [5.41, 5.74) is -0.447. The largest absolute Gasteiger partial charge is 0.275 e. The monoisotopic (exact) mass is 564 g/mol. The third kappa shape index (κ3) is 7.00. The number of rotatable bonds is 16. The van der Waals surface area contributed by atoms with Crippen molar-refractivity contribution in [2.24, 2.45) is 5.41 Å². The van der Waals surface area contributed by atoms with E-state index in [-0.39, 0.29) is 73.4 Å². The Bertz CT molecular complexity index is 1020. The van der Waals surface area contributed by atoms with Gasteiger partial charge in [0.1, 0.15) is 0 Å². The van der Waals surface area contributed by atoms with Gasteiger partial charge in [-0.3, -0.25) is 58.0 Å². The highest BCUT2D eigenvalue weighted by Crippen LogP contribution is 2.40. The Morgan fingerprint density at radius 3 is 0.683 bits per heavy atom. The Kier molecular flexibility index (Phi) is 9.21. The molecule has 0 saturated heterocycles. The van der Waals surface area contributed by atoms with Crippen LogP contribution < -0.4 is 0 Å². The van der Waals surface area contributed by atoms with E-state index in [1.165, 1.54) is 68.2 Å². The van der Waals surface area contributed by atoms with E-state index >= 15 is 0 Å². The summed E-state index contributed by atoms with van der Waals surface area (Å²) in [5.74, 6) is -3.03. The van der Waals surface area contributed by atoms with Crippen LogP contribution in [0.1, 0.15) is 51.4 Å². The molecular formula is C29H32N4O8. The van der Waals surface area contributed by atoms with Gasteiger partial charge in [-0.05, 0) is 56.8 Å². The SMILES string of the molecule is O=C1C=CC(=O)N1CCCC(CCCN1C(=O)C=CC1=O)(CCCN1C(=O)C=CC1=O)CCCN1C(=O)C=CC1=O. The molecule has 41 heavy (non-hydrogen) atoms. The number of carbonyl (C=O) groups is 8. The number of hydrogen-bond acceptors (Lipinski definition) is 8. The van der Waals surface area contributed by atoms with Crippen LogP contribution in [0.5, 0.6) is 0 Å². The van der Waals surface area contributed by atoms with Crippen molar-refractivity contribution < 1.29 is 38.4 Å². The summed E-state index contributed by atoms with van der Waals surface area (Å²) in [6, 6.07) is 0. The Labute approximate surface area is 237 Å². The fourth-order valence-electron chi connectivity index (χ4n) is 5.80. The van der Waals surface area contributed by atoms with Gasteiger partial charge in [0, 0.05) is 74.8 Å². The van der Waals surface area contributed by atoms with Crippen LogP contribution in [0.25, 0.3) is 0 Å². The quantitative estimate of drug-likeness (QED) is 0.250. The molecule has 0 bridgehead atoms. The number of imide groups is 4.